The second-order valence-electron chi connectivity index (χ2n) is 6.93. The molecule has 7 nitrogen and oxygen atoms in total. The topological polar surface area (TPSA) is 94.8 Å². The predicted octanol–water partition coefficient (Wildman–Crippen LogP) is 3.32. The van der Waals surface area contributed by atoms with E-state index in [1.54, 1.807) is 43.0 Å². The molecule has 0 bridgehead atoms. The molecule has 10 heteroatoms. The Morgan fingerprint density at radius 1 is 1.16 bits per heavy atom. The van der Waals surface area contributed by atoms with E-state index >= 15 is 0 Å². The van der Waals surface area contributed by atoms with Crippen molar-refractivity contribution >= 4 is 55.0 Å². The van der Waals surface area contributed by atoms with Crippen LogP contribution in [0.3, 0.4) is 0 Å². The average Bonchev–Trinajstić information content (AvgIpc) is 3.13. The van der Waals surface area contributed by atoms with E-state index < -0.39 is 15.8 Å². The zero-order valence-electron chi connectivity index (χ0n) is 18.0. The minimum absolute atomic E-state index is 0.0281. The first-order valence-electron chi connectivity index (χ1n) is 9.89. The number of carbonyl (C=O) groups is 2. The van der Waals surface area contributed by atoms with Gasteiger partial charge < -0.3 is 9.30 Å². The van der Waals surface area contributed by atoms with Crippen molar-refractivity contribution in [1.82, 2.24) is 4.57 Å². The van der Waals surface area contributed by atoms with Crippen LogP contribution in [0.4, 0.5) is 0 Å². The van der Waals surface area contributed by atoms with E-state index in [4.69, 9.17) is 4.74 Å². The van der Waals surface area contributed by atoms with Crippen molar-refractivity contribution in [3.05, 3.63) is 58.4 Å². The summed E-state index contributed by atoms with van der Waals surface area (Å²) >= 11 is 3.03. The Balaban J connectivity index is 1.93. The number of aromatic nitrogens is 1. The van der Waals surface area contributed by atoms with Crippen LogP contribution in [0, 0.1) is 0 Å². The van der Waals surface area contributed by atoms with Crippen molar-refractivity contribution in [1.29, 1.82) is 0 Å². The highest BCUT2D eigenvalue weighted by Crippen LogP contribution is 2.20. The highest BCUT2D eigenvalue weighted by atomic mass is 32.2. The Morgan fingerprint density at radius 2 is 1.88 bits per heavy atom. The van der Waals surface area contributed by atoms with Crippen molar-refractivity contribution in [3.63, 3.8) is 0 Å². The molecule has 1 amide bonds. The normalized spacial score (nSPS) is 12.3. The number of sulfone groups is 1. The molecule has 32 heavy (non-hydrogen) atoms. The van der Waals surface area contributed by atoms with Crippen LogP contribution in [-0.2, 0) is 32.3 Å². The van der Waals surface area contributed by atoms with Crippen LogP contribution in [-0.4, -0.2) is 49.7 Å². The van der Waals surface area contributed by atoms with Gasteiger partial charge in [-0.15, -0.1) is 0 Å². The number of fused-ring (bicyclic) bond motifs is 1. The molecule has 0 atom stereocenters. The number of esters is 1. The van der Waals surface area contributed by atoms with E-state index in [9.17, 15) is 18.0 Å². The summed E-state index contributed by atoms with van der Waals surface area (Å²) in [4.78, 5) is 29.7. The molecule has 0 aliphatic rings. The number of hydrogen-bond acceptors (Lipinski definition) is 7. The molecule has 170 valence electrons. The number of thiazole rings is 1. The molecule has 0 aliphatic heterocycles. The monoisotopic (exact) mass is 492 g/mol. The van der Waals surface area contributed by atoms with Crippen LogP contribution >= 0.6 is 23.1 Å². The van der Waals surface area contributed by atoms with Crippen molar-refractivity contribution in [2.45, 2.75) is 24.8 Å². The van der Waals surface area contributed by atoms with E-state index in [0.717, 1.165) is 16.0 Å². The average molecular weight is 493 g/mol. The van der Waals surface area contributed by atoms with Crippen molar-refractivity contribution in [2.75, 3.05) is 24.9 Å². The number of ether oxygens (including phenoxy) is 1. The summed E-state index contributed by atoms with van der Waals surface area (Å²) in [5.74, 6) is 0.132. The second-order valence-corrected chi connectivity index (χ2v) is 11.2. The third kappa shape index (κ3) is 5.48. The number of carbonyl (C=O) groups excluding carboxylic acids is 2. The quantitative estimate of drug-likeness (QED) is 0.448. The van der Waals surface area contributed by atoms with Gasteiger partial charge in [-0.25, -0.2) is 13.2 Å². The minimum Gasteiger partial charge on any atom is -0.465 e. The first-order valence-corrected chi connectivity index (χ1v) is 13.7. The van der Waals surface area contributed by atoms with Crippen LogP contribution in [0.2, 0.25) is 0 Å². The van der Waals surface area contributed by atoms with E-state index in [-0.39, 0.29) is 23.0 Å². The van der Waals surface area contributed by atoms with Crippen molar-refractivity contribution in [2.24, 2.45) is 4.99 Å². The molecule has 3 rings (SSSR count). The Morgan fingerprint density at radius 3 is 2.50 bits per heavy atom. The molecule has 0 radical (unpaired) electrons. The first-order chi connectivity index (χ1) is 15.3. The van der Waals surface area contributed by atoms with Crippen LogP contribution in [0.15, 0.2) is 52.4 Å². The first kappa shape index (κ1) is 24.2. The minimum atomic E-state index is -3.28. The molecule has 0 saturated carbocycles. The van der Waals surface area contributed by atoms with Gasteiger partial charge in [0.25, 0.3) is 5.91 Å². The standard InChI is InChI=1S/C22H24N2O5S3/c1-4-32(27,28)17-8-5-15(6-9-17)13-20(25)23-22-24(11-12-30-3)18-10-7-16(21(26)29-2)14-19(18)31-22/h5-10,14H,4,11-13H2,1-3H3. The number of rotatable bonds is 8. The maximum Gasteiger partial charge on any atom is 0.337 e. The summed E-state index contributed by atoms with van der Waals surface area (Å²) in [5.41, 5.74) is 2.04. The Kier molecular flexibility index (Phi) is 7.91. The van der Waals surface area contributed by atoms with E-state index in [2.05, 4.69) is 4.99 Å². The lowest BCUT2D eigenvalue weighted by atomic mass is 10.1. The molecule has 3 aromatic rings. The molecular weight excluding hydrogens is 468 g/mol. The highest BCUT2D eigenvalue weighted by molar-refractivity contribution is 7.98. The molecular formula is C22H24N2O5S3. The lowest BCUT2D eigenvalue weighted by Gasteiger charge is -2.05. The van der Waals surface area contributed by atoms with Crippen LogP contribution in [0.25, 0.3) is 10.2 Å². The number of methoxy groups -OCH3 is 1. The largest absolute Gasteiger partial charge is 0.465 e. The molecule has 1 heterocycles. The number of amides is 1. The van der Waals surface area contributed by atoms with Gasteiger partial charge in [-0.1, -0.05) is 30.4 Å². The summed E-state index contributed by atoms with van der Waals surface area (Å²) in [6.45, 7) is 2.27. The maximum absolute atomic E-state index is 12.7. The maximum atomic E-state index is 12.7. The number of hydrogen-bond donors (Lipinski definition) is 0. The summed E-state index contributed by atoms with van der Waals surface area (Å²) in [6.07, 6.45) is 2.07. The third-order valence-electron chi connectivity index (χ3n) is 4.86. The fourth-order valence-electron chi connectivity index (χ4n) is 3.10. The van der Waals surface area contributed by atoms with Crippen molar-refractivity contribution < 1.29 is 22.7 Å². The molecule has 0 fully saturated rings. The lowest BCUT2D eigenvalue weighted by molar-refractivity contribution is -0.117. The van der Waals surface area contributed by atoms with Gasteiger partial charge >= 0.3 is 5.97 Å². The van der Waals surface area contributed by atoms with Gasteiger partial charge in [-0.2, -0.15) is 16.8 Å². The second kappa shape index (κ2) is 10.5. The van der Waals surface area contributed by atoms with Gasteiger partial charge in [0.2, 0.25) is 0 Å². The van der Waals surface area contributed by atoms with Gasteiger partial charge in [0.15, 0.2) is 14.6 Å². The summed E-state index contributed by atoms with van der Waals surface area (Å²) in [5, 5.41) is 0. The van der Waals surface area contributed by atoms with Crippen LogP contribution in [0.5, 0.6) is 0 Å². The Bertz CT molecular complexity index is 1310. The molecule has 0 unspecified atom stereocenters. The smallest absolute Gasteiger partial charge is 0.337 e. The fraction of sp³-hybridized carbons (Fsp3) is 0.318. The number of aryl methyl sites for hydroxylation is 1. The molecule has 0 N–H and O–H groups in total. The number of nitrogens with zero attached hydrogens (tertiary/aromatic N) is 2. The fourth-order valence-corrected chi connectivity index (χ4v) is 5.47. The zero-order chi connectivity index (χ0) is 23.3. The zero-order valence-corrected chi connectivity index (χ0v) is 20.5. The molecule has 0 saturated heterocycles. The summed E-state index contributed by atoms with van der Waals surface area (Å²) in [7, 11) is -1.94. The molecule has 1 aromatic heterocycles. The SMILES string of the molecule is CCS(=O)(=O)c1ccc(CC(=O)N=c2sc3cc(C(=O)OC)ccc3n2CCSC)cc1. The molecule has 2 aromatic carbocycles. The van der Waals surface area contributed by atoms with Gasteiger partial charge in [-0.3, -0.25) is 4.79 Å². The lowest BCUT2D eigenvalue weighted by Crippen LogP contribution is -2.18. The predicted molar refractivity (Wildman–Crippen MR) is 128 cm³/mol. The van der Waals surface area contributed by atoms with Gasteiger partial charge in [0.05, 0.1) is 40.0 Å². The molecule has 0 spiro atoms. The van der Waals surface area contributed by atoms with E-state index in [1.807, 2.05) is 16.9 Å². The van der Waals surface area contributed by atoms with Crippen LogP contribution in [0.1, 0.15) is 22.8 Å². The Labute approximate surface area is 195 Å². The highest BCUT2D eigenvalue weighted by Gasteiger charge is 2.14. The van der Waals surface area contributed by atoms with Gasteiger partial charge in [0, 0.05) is 12.3 Å². The number of benzene rings is 2. The van der Waals surface area contributed by atoms with Gasteiger partial charge in [0.1, 0.15) is 0 Å². The van der Waals surface area contributed by atoms with Gasteiger partial charge in [-0.05, 0) is 42.2 Å². The third-order valence-corrected chi connectivity index (χ3v) is 8.24. The summed E-state index contributed by atoms with van der Waals surface area (Å²) < 4.78 is 31.5. The van der Waals surface area contributed by atoms with E-state index in [0.29, 0.717) is 22.5 Å². The van der Waals surface area contributed by atoms with E-state index in [1.165, 1.54) is 30.6 Å². The van der Waals surface area contributed by atoms with Crippen LogP contribution < -0.4 is 4.80 Å². The number of thioether (sulfide) groups is 1. The molecule has 0 aliphatic carbocycles. The summed E-state index contributed by atoms with van der Waals surface area (Å²) in [6, 6.07) is 11.6. The Hall–Kier alpha value is -2.43. The van der Waals surface area contributed by atoms with Crippen molar-refractivity contribution in [3.8, 4) is 0 Å².